The van der Waals surface area contributed by atoms with E-state index in [4.69, 9.17) is 10.2 Å². The Hall–Kier alpha value is -0.930. The van der Waals surface area contributed by atoms with Crippen molar-refractivity contribution in [1.82, 2.24) is 0 Å². The minimum Gasteiger partial charge on any atom is -0.394 e. The van der Waals surface area contributed by atoms with Crippen LogP contribution in [0, 0.1) is 0 Å². The summed E-state index contributed by atoms with van der Waals surface area (Å²) in [6.07, 6.45) is 11.0. The van der Waals surface area contributed by atoms with Gasteiger partial charge in [0, 0.05) is 0 Å². The first kappa shape index (κ1) is 16.5. The Morgan fingerprint density at radius 1 is 1.27 bits per heavy atom. The van der Waals surface area contributed by atoms with Gasteiger partial charge in [-0.3, -0.25) is 4.79 Å². The number of hydrogen-bond acceptors (Lipinski definition) is 3. The van der Waals surface area contributed by atoms with Crippen molar-refractivity contribution in [1.29, 1.82) is 0 Å². The fourth-order valence-corrected chi connectivity index (χ4v) is 0.606. The number of carbonyl (C=O) groups excluding carboxylic acids is 1. The van der Waals surface area contributed by atoms with Crippen LogP contribution in [0.5, 0.6) is 0 Å². The average molecular weight is 214 g/mol. The van der Waals surface area contributed by atoms with Gasteiger partial charge in [0.25, 0.3) is 0 Å². The van der Waals surface area contributed by atoms with E-state index in [1.54, 1.807) is 6.08 Å². The quantitative estimate of drug-likeness (QED) is 0.307. The molecule has 0 heterocycles. The average Bonchev–Trinajstić information content (AvgIpc) is 2.24. The molecule has 3 heteroatoms. The molecule has 0 aromatic carbocycles. The Balaban J connectivity index is 0. The first-order chi connectivity index (χ1) is 7.18. The van der Waals surface area contributed by atoms with E-state index in [9.17, 15) is 4.79 Å². The minimum atomic E-state index is -0.560. The normalized spacial score (nSPS) is 12.5. The third-order valence-electron chi connectivity index (χ3n) is 1.43. The number of rotatable bonds is 6. The van der Waals surface area contributed by atoms with Gasteiger partial charge in [-0.2, -0.15) is 0 Å². The molecule has 0 saturated heterocycles. The van der Waals surface area contributed by atoms with E-state index in [1.807, 2.05) is 6.08 Å². The molecule has 0 saturated carbocycles. The van der Waals surface area contributed by atoms with Gasteiger partial charge in [-0.15, -0.1) is 0 Å². The summed E-state index contributed by atoms with van der Waals surface area (Å²) in [5.74, 6) is 0. The topological polar surface area (TPSA) is 57.5 Å². The Morgan fingerprint density at radius 3 is 2.27 bits per heavy atom. The zero-order chi connectivity index (χ0) is 11.9. The molecule has 15 heavy (non-hydrogen) atoms. The van der Waals surface area contributed by atoms with E-state index in [0.717, 1.165) is 12.7 Å². The minimum absolute atomic E-state index is 0.139. The van der Waals surface area contributed by atoms with Crippen molar-refractivity contribution in [3.63, 3.8) is 0 Å². The van der Waals surface area contributed by atoms with Gasteiger partial charge < -0.3 is 10.2 Å². The van der Waals surface area contributed by atoms with E-state index in [2.05, 4.69) is 13.0 Å². The SMILES string of the molecule is CC(O)CO.CCCCC=CC=CC=O. The van der Waals surface area contributed by atoms with Gasteiger partial charge in [0.05, 0.1) is 12.7 Å². The second-order valence-electron chi connectivity index (χ2n) is 3.12. The van der Waals surface area contributed by atoms with Gasteiger partial charge in [0.2, 0.25) is 0 Å². The Morgan fingerprint density at radius 2 is 1.87 bits per heavy atom. The van der Waals surface area contributed by atoms with Crippen LogP contribution in [0.3, 0.4) is 0 Å². The van der Waals surface area contributed by atoms with Crippen LogP contribution < -0.4 is 0 Å². The lowest BCUT2D eigenvalue weighted by Gasteiger charge is -1.90. The highest BCUT2D eigenvalue weighted by Crippen LogP contribution is 1.94. The standard InChI is InChI=1S/C9H14O.C3H8O2/c1-2-3-4-5-6-7-8-9-10;1-3(5)2-4/h5-9H,2-4H2,1H3;3-5H,2H2,1H3. The van der Waals surface area contributed by atoms with Crippen LogP contribution in [-0.2, 0) is 4.79 Å². The summed E-state index contributed by atoms with van der Waals surface area (Å²) < 4.78 is 0. The highest BCUT2D eigenvalue weighted by molar-refractivity contribution is 5.65. The Kier molecular flexibility index (Phi) is 17.1. The van der Waals surface area contributed by atoms with Crippen molar-refractivity contribution in [3.8, 4) is 0 Å². The highest BCUT2D eigenvalue weighted by atomic mass is 16.3. The van der Waals surface area contributed by atoms with Crippen molar-refractivity contribution in [2.24, 2.45) is 0 Å². The van der Waals surface area contributed by atoms with Gasteiger partial charge in [0.15, 0.2) is 0 Å². The molecule has 0 bridgehead atoms. The molecule has 0 aromatic rings. The van der Waals surface area contributed by atoms with Crippen LogP contribution in [0.1, 0.15) is 33.1 Å². The number of aliphatic hydroxyl groups excluding tert-OH is 2. The van der Waals surface area contributed by atoms with Crippen LogP contribution in [0.15, 0.2) is 24.3 Å². The zero-order valence-corrected chi connectivity index (χ0v) is 9.60. The molecule has 0 radical (unpaired) electrons. The first-order valence-corrected chi connectivity index (χ1v) is 5.24. The molecule has 0 spiro atoms. The number of allylic oxidation sites excluding steroid dienone is 4. The predicted molar refractivity (Wildman–Crippen MR) is 62.6 cm³/mol. The summed E-state index contributed by atoms with van der Waals surface area (Å²) in [5, 5.41) is 16.0. The number of hydrogen-bond donors (Lipinski definition) is 2. The summed E-state index contributed by atoms with van der Waals surface area (Å²) in [7, 11) is 0. The summed E-state index contributed by atoms with van der Waals surface area (Å²) in [6, 6.07) is 0. The number of carbonyl (C=O) groups is 1. The molecule has 0 aliphatic heterocycles. The van der Waals surface area contributed by atoms with Crippen molar-refractivity contribution >= 4 is 6.29 Å². The maximum Gasteiger partial charge on any atom is 0.142 e. The number of aldehydes is 1. The molecule has 0 rings (SSSR count). The third-order valence-corrected chi connectivity index (χ3v) is 1.43. The van der Waals surface area contributed by atoms with E-state index in [1.165, 1.54) is 25.8 Å². The molecule has 0 aliphatic carbocycles. The van der Waals surface area contributed by atoms with Crippen LogP contribution in [0.2, 0.25) is 0 Å². The van der Waals surface area contributed by atoms with Crippen molar-refractivity contribution < 1.29 is 15.0 Å². The van der Waals surface area contributed by atoms with Gasteiger partial charge in [-0.25, -0.2) is 0 Å². The molecule has 3 nitrogen and oxygen atoms in total. The molecule has 0 fully saturated rings. The summed E-state index contributed by atoms with van der Waals surface area (Å²) >= 11 is 0. The van der Waals surface area contributed by atoms with E-state index in [0.29, 0.717) is 0 Å². The molecule has 1 atom stereocenters. The van der Waals surface area contributed by atoms with E-state index < -0.39 is 6.10 Å². The lowest BCUT2D eigenvalue weighted by Crippen LogP contribution is -2.03. The fraction of sp³-hybridized carbons (Fsp3) is 0.583. The molecule has 88 valence electrons. The summed E-state index contributed by atoms with van der Waals surface area (Å²) in [6.45, 7) is 3.55. The fourth-order valence-electron chi connectivity index (χ4n) is 0.606. The van der Waals surface area contributed by atoms with Crippen LogP contribution in [-0.4, -0.2) is 29.2 Å². The van der Waals surface area contributed by atoms with Gasteiger partial charge >= 0.3 is 0 Å². The lowest BCUT2D eigenvalue weighted by atomic mass is 10.2. The molecular weight excluding hydrogens is 192 g/mol. The van der Waals surface area contributed by atoms with Crippen molar-refractivity contribution in [2.75, 3.05) is 6.61 Å². The smallest absolute Gasteiger partial charge is 0.142 e. The van der Waals surface area contributed by atoms with Gasteiger partial charge in [-0.05, 0) is 19.4 Å². The second-order valence-corrected chi connectivity index (χ2v) is 3.12. The molecule has 0 aliphatic rings. The number of aliphatic hydroxyl groups is 2. The molecule has 0 amide bonds. The second kappa shape index (κ2) is 15.5. The summed E-state index contributed by atoms with van der Waals surface area (Å²) in [4.78, 5) is 9.77. The Bertz CT molecular complexity index is 172. The lowest BCUT2D eigenvalue weighted by molar-refractivity contribution is -0.104. The molecular formula is C12H22O3. The first-order valence-electron chi connectivity index (χ1n) is 5.24. The maximum atomic E-state index is 9.77. The van der Waals surface area contributed by atoms with E-state index >= 15 is 0 Å². The molecule has 2 N–H and O–H groups in total. The van der Waals surface area contributed by atoms with Gasteiger partial charge in [-0.1, -0.05) is 38.0 Å². The van der Waals surface area contributed by atoms with E-state index in [-0.39, 0.29) is 6.61 Å². The zero-order valence-electron chi connectivity index (χ0n) is 9.60. The van der Waals surface area contributed by atoms with Crippen molar-refractivity contribution in [2.45, 2.75) is 39.2 Å². The maximum absolute atomic E-state index is 9.77. The predicted octanol–water partition coefficient (Wildman–Crippen LogP) is 1.85. The van der Waals surface area contributed by atoms with Crippen LogP contribution in [0.25, 0.3) is 0 Å². The highest BCUT2D eigenvalue weighted by Gasteiger charge is 1.83. The largest absolute Gasteiger partial charge is 0.394 e. The number of unbranched alkanes of at least 4 members (excludes halogenated alkanes) is 2. The molecule has 0 aromatic heterocycles. The third kappa shape index (κ3) is 24.6. The van der Waals surface area contributed by atoms with Crippen LogP contribution >= 0.6 is 0 Å². The van der Waals surface area contributed by atoms with Crippen molar-refractivity contribution in [3.05, 3.63) is 24.3 Å². The molecule has 1 unspecified atom stereocenters. The summed E-state index contributed by atoms with van der Waals surface area (Å²) in [5.41, 5.74) is 0. The Labute approximate surface area is 92.1 Å². The van der Waals surface area contributed by atoms with Crippen LogP contribution in [0.4, 0.5) is 0 Å². The monoisotopic (exact) mass is 214 g/mol. The van der Waals surface area contributed by atoms with Gasteiger partial charge in [0.1, 0.15) is 6.29 Å².